The van der Waals surface area contributed by atoms with Crippen molar-refractivity contribution in [2.45, 2.75) is 65.0 Å². The van der Waals surface area contributed by atoms with Crippen LogP contribution >= 0.6 is 27.5 Å². The predicted octanol–water partition coefficient (Wildman–Crippen LogP) is 7.65. The maximum Gasteiger partial charge on any atom is 0.221 e. The highest BCUT2D eigenvalue weighted by atomic mass is 79.9. The van der Waals surface area contributed by atoms with E-state index >= 15 is 0 Å². The highest BCUT2D eigenvalue weighted by Gasteiger charge is 2.29. The van der Waals surface area contributed by atoms with E-state index in [2.05, 4.69) is 26.6 Å². The standard InChI is InChI=1S/C31H33BrClFN2O4/c1-6-20(26-14-21(32)8-12-28(26)40-31(4,5)19(3)38)13-29(39)36-30(25-16-23(34)10-7-18(25)2)24-11-9-22(33)15-27(24)35-17-37/h7-12,14-17,20,30H,6,13H2,1-5H3,(H,35,37)(H,36,39). The minimum atomic E-state index is -1.04. The summed E-state index contributed by atoms with van der Waals surface area (Å²) in [5.74, 6) is -0.584. The Morgan fingerprint density at radius 1 is 1.07 bits per heavy atom. The fourth-order valence-corrected chi connectivity index (χ4v) is 4.96. The van der Waals surface area contributed by atoms with Crippen LogP contribution in [-0.2, 0) is 14.4 Å². The normalized spacial score (nSPS) is 12.8. The largest absolute Gasteiger partial charge is 0.480 e. The first-order chi connectivity index (χ1) is 18.9. The lowest BCUT2D eigenvalue weighted by Crippen LogP contribution is -2.36. The van der Waals surface area contributed by atoms with Crippen LogP contribution in [0.1, 0.15) is 74.8 Å². The second-order valence-corrected chi connectivity index (χ2v) is 11.5. The summed E-state index contributed by atoms with van der Waals surface area (Å²) in [7, 11) is 0. The number of carbonyl (C=O) groups excluding carboxylic acids is 3. The van der Waals surface area contributed by atoms with Crippen molar-refractivity contribution in [3.63, 3.8) is 0 Å². The smallest absolute Gasteiger partial charge is 0.221 e. The van der Waals surface area contributed by atoms with Crippen LogP contribution in [-0.4, -0.2) is 23.7 Å². The number of aryl methyl sites for hydroxylation is 1. The molecule has 40 heavy (non-hydrogen) atoms. The summed E-state index contributed by atoms with van der Waals surface area (Å²) >= 11 is 9.68. The van der Waals surface area contributed by atoms with Gasteiger partial charge in [0.15, 0.2) is 11.4 Å². The molecule has 3 aromatic carbocycles. The Morgan fingerprint density at radius 3 is 2.45 bits per heavy atom. The van der Waals surface area contributed by atoms with Gasteiger partial charge >= 0.3 is 0 Å². The highest BCUT2D eigenvalue weighted by Crippen LogP contribution is 2.37. The van der Waals surface area contributed by atoms with Gasteiger partial charge in [0, 0.05) is 27.2 Å². The average Bonchev–Trinajstić information content (AvgIpc) is 2.89. The van der Waals surface area contributed by atoms with Crippen LogP contribution in [0.3, 0.4) is 0 Å². The Bertz CT molecular complexity index is 1410. The summed E-state index contributed by atoms with van der Waals surface area (Å²) < 4.78 is 21.3. The minimum absolute atomic E-state index is 0.0959. The van der Waals surface area contributed by atoms with Gasteiger partial charge in [-0.15, -0.1) is 0 Å². The molecular formula is C31H33BrClFN2O4. The molecule has 6 nitrogen and oxygen atoms in total. The third kappa shape index (κ3) is 7.70. The number of carbonyl (C=O) groups is 3. The molecule has 0 heterocycles. The van der Waals surface area contributed by atoms with Crippen molar-refractivity contribution in [3.8, 4) is 5.75 Å². The zero-order chi connectivity index (χ0) is 29.6. The first-order valence-corrected chi connectivity index (χ1v) is 14.1. The molecule has 0 bridgehead atoms. The molecule has 0 aliphatic rings. The first-order valence-electron chi connectivity index (χ1n) is 12.9. The second kappa shape index (κ2) is 13.4. The molecule has 0 aliphatic carbocycles. The van der Waals surface area contributed by atoms with Gasteiger partial charge in [-0.05, 0) is 99.2 Å². The molecular weight excluding hydrogens is 599 g/mol. The maximum absolute atomic E-state index is 14.4. The van der Waals surface area contributed by atoms with Gasteiger partial charge in [0.1, 0.15) is 11.6 Å². The number of ether oxygens (including phenoxy) is 1. The number of ketones is 1. The minimum Gasteiger partial charge on any atom is -0.480 e. The number of halogens is 3. The molecule has 2 amide bonds. The van der Waals surface area contributed by atoms with Gasteiger partial charge in [-0.3, -0.25) is 14.4 Å². The van der Waals surface area contributed by atoms with E-state index in [1.54, 1.807) is 44.2 Å². The zero-order valence-electron chi connectivity index (χ0n) is 23.1. The molecule has 0 fully saturated rings. The molecule has 9 heteroatoms. The lowest BCUT2D eigenvalue weighted by Gasteiger charge is -2.28. The van der Waals surface area contributed by atoms with E-state index in [4.69, 9.17) is 16.3 Å². The Labute approximate surface area is 247 Å². The molecule has 2 unspecified atom stereocenters. The van der Waals surface area contributed by atoms with E-state index in [0.29, 0.717) is 40.4 Å². The Morgan fingerprint density at radius 2 is 1.80 bits per heavy atom. The van der Waals surface area contributed by atoms with Gasteiger partial charge in [-0.2, -0.15) is 0 Å². The fraction of sp³-hybridized carbons (Fsp3) is 0.323. The highest BCUT2D eigenvalue weighted by molar-refractivity contribution is 9.10. The van der Waals surface area contributed by atoms with Crippen molar-refractivity contribution in [2.75, 3.05) is 5.32 Å². The van der Waals surface area contributed by atoms with E-state index in [-0.39, 0.29) is 24.0 Å². The van der Waals surface area contributed by atoms with Crippen molar-refractivity contribution in [1.29, 1.82) is 0 Å². The monoisotopic (exact) mass is 630 g/mol. The molecule has 0 saturated heterocycles. The summed E-state index contributed by atoms with van der Waals surface area (Å²) in [4.78, 5) is 37.1. The van der Waals surface area contributed by atoms with Gasteiger partial charge in [-0.1, -0.05) is 46.6 Å². The number of hydrogen-bond acceptors (Lipinski definition) is 4. The number of anilines is 1. The lowest BCUT2D eigenvalue weighted by molar-refractivity contribution is -0.129. The van der Waals surface area contributed by atoms with Crippen LogP contribution in [0.5, 0.6) is 5.75 Å². The molecule has 3 aromatic rings. The van der Waals surface area contributed by atoms with Crippen molar-refractivity contribution >= 4 is 51.3 Å². The Kier molecular flexibility index (Phi) is 10.5. The molecule has 3 rings (SSSR count). The molecule has 0 saturated carbocycles. The third-order valence-corrected chi connectivity index (χ3v) is 7.68. The average molecular weight is 632 g/mol. The molecule has 0 aliphatic heterocycles. The van der Waals surface area contributed by atoms with Gasteiger partial charge in [0.25, 0.3) is 0 Å². The summed E-state index contributed by atoms with van der Waals surface area (Å²) in [5.41, 5.74) is 2.01. The quantitative estimate of drug-likeness (QED) is 0.201. The van der Waals surface area contributed by atoms with E-state index in [0.717, 1.165) is 15.6 Å². The molecule has 0 radical (unpaired) electrons. The number of hydrogen-bond donors (Lipinski definition) is 2. The topological polar surface area (TPSA) is 84.5 Å². The summed E-state index contributed by atoms with van der Waals surface area (Å²) in [5, 5.41) is 6.10. The van der Waals surface area contributed by atoms with Gasteiger partial charge in [-0.25, -0.2) is 4.39 Å². The third-order valence-electron chi connectivity index (χ3n) is 6.95. The molecule has 2 atom stereocenters. The number of rotatable bonds is 12. The summed E-state index contributed by atoms with van der Waals surface area (Å²) in [6.45, 7) is 8.68. The molecule has 0 spiro atoms. The van der Waals surface area contributed by atoms with Crippen molar-refractivity contribution in [3.05, 3.63) is 92.2 Å². The van der Waals surface area contributed by atoms with Crippen LogP contribution in [0.2, 0.25) is 5.02 Å². The maximum atomic E-state index is 14.4. The second-order valence-electron chi connectivity index (χ2n) is 10.2. The molecule has 0 aromatic heterocycles. The van der Waals surface area contributed by atoms with E-state index in [1.165, 1.54) is 19.1 Å². The number of nitrogens with one attached hydrogen (secondary N) is 2. The SMILES string of the molecule is CCC(CC(=O)NC(c1cc(F)ccc1C)c1ccc(Cl)cc1NC=O)c1cc(Br)ccc1OC(C)(C)C(C)=O. The Hall–Kier alpha value is -3.23. The van der Waals surface area contributed by atoms with Gasteiger partial charge < -0.3 is 15.4 Å². The van der Waals surface area contributed by atoms with Crippen LogP contribution in [0, 0.1) is 12.7 Å². The summed E-state index contributed by atoms with van der Waals surface area (Å²) in [6, 6.07) is 14.0. The van der Waals surface area contributed by atoms with Crippen molar-refractivity contribution in [2.24, 2.45) is 0 Å². The zero-order valence-corrected chi connectivity index (χ0v) is 25.5. The molecule has 212 valence electrons. The van der Waals surface area contributed by atoms with Crippen LogP contribution in [0.15, 0.2) is 59.1 Å². The predicted molar refractivity (Wildman–Crippen MR) is 159 cm³/mol. The van der Waals surface area contributed by atoms with Crippen LogP contribution in [0.25, 0.3) is 0 Å². The van der Waals surface area contributed by atoms with Crippen molar-refractivity contribution in [1.82, 2.24) is 5.32 Å². The van der Waals surface area contributed by atoms with E-state index in [9.17, 15) is 18.8 Å². The van der Waals surface area contributed by atoms with Crippen molar-refractivity contribution < 1.29 is 23.5 Å². The van der Waals surface area contributed by atoms with Gasteiger partial charge in [0.05, 0.1) is 6.04 Å². The lowest BCUT2D eigenvalue weighted by atomic mass is 9.90. The molecule has 2 N–H and O–H groups in total. The number of Topliss-reactive ketones (excluding diaryl/α,β-unsaturated/α-hetero) is 1. The fourth-order valence-electron chi connectivity index (χ4n) is 4.41. The Balaban J connectivity index is 2.00. The number of amides is 2. The first kappa shape index (κ1) is 31.3. The van der Waals surface area contributed by atoms with Crippen LogP contribution < -0.4 is 15.4 Å². The van der Waals surface area contributed by atoms with E-state index < -0.39 is 17.5 Å². The number of benzene rings is 3. The van der Waals surface area contributed by atoms with Gasteiger partial charge in [0.2, 0.25) is 12.3 Å². The van der Waals surface area contributed by atoms with Crippen LogP contribution in [0.4, 0.5) is 10.1 Å². The summed E-state index contributed by atoms with van der Waals surface area (Å²) in [6.07, 6.45) is 1.24. The van der Waals surface area contributed by atoms with E-state index in [1.807, 2.05) is 26.0 Å².